The van der Waals surface area contributed by atoms with E-state index in [-0.39, 0.29) is 0 Å². The summed E-state index contributed by atoms with van der Waals surface area (Å²) in [6.45, 7) is 0. The second-order valence-electron chi connectivity index (χ2n) is 3.80. The van der Waals surface area contributed by atoms with E-state index in [0.29, 0.717) is 6.42 Å². The summed E-state index contributed by atoms with van der Waals surface area (Å²) in [5, 5.41) is 14.0. The van der Waals surface area contributed by atoms with Crippen molar-refractivity contribution in [1.82, 2.24) is 14.8 Å². The molecule has 0 aliphatic carbocycles. The van der Waals surface area contributed by atoms with Gasteiger partial charge in [0.25, 0.3) is 0 Å². The molecule has 2 aromatic heterocycles. The summed E-state index contributed by atoms with van der Waals surface area (Å²) >= 11 is 0. The van der Waals surface area contributed by atoms with E-state index in [1.54, 1.807) is 17.1 Å². The van der Waals surface area contributed by atoms with Crippen LogP contribution in [-0.2, 0) is 13.5 Å². The number of hydrogen-bond acceptors (Lipinski definition) is 3. The SMILES string of the molecule is Cn1nccc1C(O)CCc1cccnc1. The average Bonchev–Trinajstić information content (AvgIpc) is 2.74. The maximum atomic E-state index is 9.97. The molecule has 0 aromatic carbocycles. The van der Waals surface area contributed by atoms with Gasteiger partial charge in [-0.25, -0.2) is 0 Å². The van der Waals surface area contributed by atoms with Crippen molar-refractivity contribution in [3.05, 3.63) is 48.0 Å². The number of hydrogen-bond donors (Lipinski definition) is 1. The number of pyridine rings is 1. The molecule has 2 heterocycles. The van der Waals surface area contributed by atoms with Gasteiger partial charge in [0.2, 0.25) is 0 Å². The molecule has 4 nitrogen and oxygen atoms in total. The van der Waals surface area contributed by atoms with Gasteiger partial charge in [0.15, 0.2) is 0 Å². The van der Waals surface area contributed by atoms with Crippen molar-refractivity contribution in [2.45, 2.75) is 18.9 Å². The predicted octanol–water partition coefficient (Wildman–Crippen LogP) is 1.48. The van der Waals surface area contributed by atoms with Crippen molar-refractivity contribution < 1.29 is 5.11 Å². The topological polar surface area (TPSA) is 50.9 Å². The van der Waals surface area contributed by atoms with E-state index >= 15 is 0 Å². The molecule has 0 saturated heterocycles. The Balaban J connectivity index is 1.94. The fraction of sp³-hybridized carbons (Fsp3) is 0.333. The van der Waals surface area contributed by atoms with E-state index < -0.39 is 6.10 Å². The Morgan fingerprint density at radius 3 is 2.88 bits per heavy atom. The van der Waals surface area contributed by atoms with Crippen molar-refractivity contribution in [1.29, 1.82) is 0 Å². The summed E-state index contributed by atoms with van der Waals surface area (Å²) in [5.74, 6) is 0. The molecule has 1 unspecified atom stereocenters. The molecule has 0 spiro atoms. The Kier molecular flexibility index (Phi) is 3.31. The lowest BCUT2D eigenvalue weighted by Gasteiger charge is -2.10. The van der Waals surface area contributed by atoms with Gasteiger partial charge < -0.3 is 5.11 Å². The zero-order chi connectivity index (χ0) is 11.4. The molecule has 0 aliphatic heterocycles. The third kappa shape index (κ3) is 2.46. The van der Waals surface area contributed by atoms with Crippen molar-refractivity contribution in [2.24, 2.45) is 7.05 Å². The maximum absolute atomic E-state index is 9.97. The Bertz CT molecular complexity index is 439. The molecule has 2 rings (SSSR count). The van der Waals surface area contributed by atoms with Crippen LogP contribution in [-0.4, -0.2) is 19.9 Å². The van der Waals surface area contributed by atoms with Gasteiger partial charge in [-0.1, -0.05) is 6.07 Å². The minimum atomic E-state index is -0.465. The van der Waals surface area contributed by atoms with Crippen LogP contribution in [0.5, 0.6) is 0 Å². The normalized spacial score (nSPS) is 12.6. The van der Waals surface area contributed by atoms with Gasteiger partial charge >= 0.3 is 0 Å². The van der Waals surface area contributed by atoms with E-state index in [4.69, 9.17) is 0 Å². The summed E-state index contributed by atoms with van der Waals surface area (Å²) in [4.78, 5) is 4.04. The van der Waals surface area contributed by atoms with Crippen LogP contribution in [0.15, 0.2) is 36.8 Å². The van der Waals surface area contributed by atoms with Crippen molar-refractivity contribution in [3.8, 4) is 0 Å². The van der Waals surface area contributed by atoms with Crippen LogP contribution < -0.4 is 0 Å². The first-order valence-corrected chi connectivity index (χ1v) is 5.32. The highest BCUT2D eigenvalue weighted by molar-refractivity contribution is 5.10. The minimum absolute atomic E-state index is 0.465. The summed E-state index contributed by atoms with van der Waals surface area (Å²) in [6, 6.07) is 5.77. The van der Waals surface area contributed by atoms with E-state index in [1.165, 1.54) is 0 Å². The minimum Gasteiger partial charge on any atom is -0.387 e. The van der Waals surface area contributed by atoms with Crippen molar-refractivity contribution in [3.63, 3.8) is 0 Å². The molecule has 1 N–H and O–H groups in total. The summed E-state index contributed by atoms with van der Waals surface area (Å²) in [5.41, 5.74) is 1.99. The zero-order valence-corrected chi connectivity index (χ0v) is 9.24. The number of nitrogens with zero attached hydrogens (tertiary/aromatic N) is 3. The monoisotopic (exact) mass is 217 g/mol. The number of rotatable bonds is 4. The highest BCUT2D eigenvalue weighted by Crippen LogP contribution is 2.17. The quantitative estimate of drug-likeness (QED) is 0.844. The molecule has 1 atom stereocenters. The molecule has 84 valence electrons. The van der Waals surface area contributed by atoms with Crippen molar-refractivity contribution >= 4 is 0 Å². The fourth-order valence-electron chi connectivity index (χ4n) is 1.71. The number of aliphatic hydroxyl groups excluding tert-OH is 1. The van der Waals surface area contributed by atoms with Crippen LogP contribution in [0.2, 0.25) is 0 Å². The standard InChI is InChI=1S/C12H15N3O/c1-15-11(6-8-14-15)12(16)5-4-10-3-2-7-13-9-10/h2-3,6-9,12,16H,4-5H2,1H3. The lowest BCUT2D eigenvalue weighted by molar-refractivity contribution is 0.158. The van der Waals surface area contributed by atoms with E-state index in [1.807, 2.05) is 31.4 Å². The van der Waals surface area contributed by atoms with Gasteiger partial charge in [0.05, 0.1) is 11.8 Å². The highest BCUT2D eigenvalue weighted by atomic mass is 16.3. The third-order valence-corrected chi connectivity index (χ3v) is 2.63. The van der Waals surface area contributed by atoms with Crippen molar-refractivity contribution in [2.75, 3.05) is 0 Å². The summed E-state index contributed by atoms with van der Waals surface area (Å²) < 4.78 is 1.70. The summed E-state index contributed by atoms with van der Waals surface area (Å²) in [7, 11) is 1.84. The molecule has 0 aliphatic rings. The average molecular weight is 217 g/mol. The van der Waals surface area contributed by atoms with E-state index in [0.717, 1.165) is 17.7 Å². The molecule has 0 radical (unpaired) electrons. The fourth-order valence-corrected chi connectivity index (χ4v) is 1.71. The number of aromatic nitrogens is 3. The first kappa shape index (κ1) is 10.8. The van der Waals surface area contributed by atoms with Gasteiger partial charge in [0.1, 0.15) is 0 Å². The Morgan fingerprint density at radius 2 is 2.25 bits per heavy atom. The van der Waals surface area contributed by atoms with Crippen LogP contribution in [0.25, 0.3) is 0 Å². The lowest BCUT2D eigenvalue weighted by Crippen LogP contribution is -2.06. The number of aryl methyl sites for hydroxylation is 2. The van der Waals surface area contributed by atoms with Crippen LogP contribution in [0.1, 0.15) is 23.8 Å². The van der Waals surface area contributed by atoms with Gasteiger partial charge in [-0.05, 0) is 30.5 Å². The molecule has 4 heteroatoms. The third-order valence-electron chi connectivity index (χ3n) is 2.63. The number of aliphatic hydroxyl groups is 1. The van der Waals surface area contributed by atoms with E-state index in [9.17, 15) is 5.11 Å². The molecular weight excluding hydrogens is 202 g/mol. The molecule has 0 saturated carbocycles. The molecule has 2 aromatic rings. The Hall–Kier alpha value is -1.68. The second kappa shape index (κ2) is 4.90. The van der Waals surface area contributed by atoms with Gasteiger partial charge in [0, 0.05) is 25.6 Å². The van der Waals surface area contributed by atoms with E-state index in [2.05, 4.69) is 10.1 Å². The molecule has 16 heavy (non-hydrogen) atoms. The van der Waals surface area contributed by atoms with Gasteiger partial charge in [-0.2, -0.15) is 5.10 Å². The Morgan fingerprint density at radius 1 is 1.38 bits per heavy atom. The molecule has 0 bridgehead atoms. The highest BCUT2D eigenvalue weighted by Gasteiger charge is 2.10. The first-order chi connectivity index (χ1) is 7.77. The predicted molar refractivity (Wildman–Crippen MR) is 60.7 cm³/mol. The van der Waals surface area contributed by atoms with Crippen LogP contribution in [0.3, 0.4) is 0 Å². The zero-order valence-electron chi connectivity index (χ0n) is 9.24. The molecule has 0 fully saturated rings. The smallest absolute Gasteiger partial charge is 0.0959 e. The van der Waals surface area contributed by atoms with Crippen LogP contribution >= 0.6 is 0 Å². The Labute approximate surface area is 94.6 Å². The largest absolute Gasteiger partial charge is 0.387 e. The maximum Gasteiger partial charge on any atom is 0.0959 e. The molecular formula is C12H15N3O. The molecule has 0 amide bonds. The van der Waals surface area contributed by atoms with Gasteiger partial charge in [-0.3, -0.25) is 9.67 Å². The second-order valence-corrected chi connectivity index (χ2v) is 3.80. The first-order valence-electron chi connectivity index (χ1n) is 5.32. The van der Waals surface area contributed by atoms with Gasteiger partial charge in [-0.15, -0.1) is 0 Å². The van der Waals surface area contributed by atoms with Crippen LogP contribution in [0, 0.1) is 0 Å². The summed E-state index contributed by atoms with van der Waals surface area (Å²) in [6.07, 6.45) is 6.32. The lowest BCUT2D eigenvalue weighted by atomic mass is 10.1. The van der Waals surface area contributed by atoms with Crippen LogP contribution in [0.4, 0.5) is 0 Å².